The maximum atomic E-state index is 4.37. The third-order valence-corrected chi connectivity index (χ3v) is 2.75. The predicted molar refractivity (Wildman–Crippen MR) is 68.8 cm³/mol. The van der Waals surface area contributed by atoms with Gasteiger partial charge in [-0.15, -0.1) is 10.2 Å². The Hall–Kier alpha value is -3.05. The van der Waals surface area contributed by atoms with E-state index in [4.69, 9.17) is 0 Å². The molecule has 0 fully saturated rings. The van der Waals surface area contributed by atoms with Crippen LogP contribution in [-0.4, -0.2) is 68.5 Å². The Bertz CT molecular complexity index is 633. The predicted octanol–water partition coefficient (Wildman–Crippen LogP) is -1.33. The van der Waals surface area contributed by atoms with Gasteiger partial charge >= 0.3 is 0 Å². The zero-order valence-corrected chi connectivity index (χ0v) is 11.4. The molecular formula is C9H12N12. The summed E-state index contributed by atoms with van der Waals surface area (Å²) in [6.07, 6.45) is 2.81. The molecule has 0 saturated carbocycles. The Morgan fingerprint density at radius 3 is 1.76 bits per heavy atom. The van der Waals surface area contributed by atoms with Gasteiger partial charge in [0.1, 0.15) is 12.7 Å². The molecule has 0 aromatic carbocycles. The zero-order valence-electron chi connectivity index (χ0n) is 11.4. The van der Waals surface area contributed by atoms with Crippen LogP contribution < -0.4 is 4.90 Å². The molecule has 3 aromatic rings. The summed E-state index contributed by atoms with van der Waals surface area (Å²) >= 11 is 0. The fourth-order valence-electron chi connectivity index (χ4n) is 1.70. The van der Waals surface area contributed by atoms with Crippen LogP contribution in [0.5, 0.6) is 0 Å². The van der Waals surface area contributed by atoms with Gasteiger partial charge in [0.2, 0.25) is 5.95 Å². The maximum absolute atomic E-state index is 4.37. The summed E-state index contributed by atoms with van der Waals surface area (Å²) in [6.45, 7) is 5.54. The smallest absolute Gasteiger partial charge is 0.260 e. The molecule has 0 radical (unpaired) electrons. The van der Waals surface area contributed by atoms with Gasteiger partial charge in [0.15, 0.2) is 0 Å². The molecule has 3 rings (SSSR count). The molecule has 0 unspecified atom stereocenters. The molecule has 3 heterocycles. The molecule has 108 valence electrons. The van der Waals surface area contributed by atoms with Gasteiger partial charge in [0, 0.05) is 13.1 Å². The maximum Gasteiger partial charge on any atom is 0.260 e. The van der Waals surface area contributed by atoms with Crippen LogP contribution in [0.25, 0.3) is 11.9 Å². The molecule has 0 N–H and O–H groups in total. The van der Waals surface area contributed by atoms with Crippen molar-refractivity contribution in [2.45, 2.75) is 13.8 Å². The van der Waals surface area contributed by atoms with Crippen LogP contribution in [0.1, 0.15) is 13.8 Å². The average Bonchev–Trinajstić information content (AvgIpc) is 3.22. The van der Waals surface area contributed by atoms with E-state index in [1.807, 2.05) is 18.7 Å². The largest absolute Gasteiger partial charge is 0.341 e. The van der Waals surface area contributed by atoms with Gasteiger partial charge in [0.25, 0.3) is 11.9 Å². The SMILES string of the molecule is CCN(CC)c1nc(-n2cnnn2)nc(-n2cnnn2)n1. The summed E-state index contributed by atoms with van der Waals surface area (Å²) in [5, 5.41) is 21.9. The number of tetrazole rings is 2. The molecule has 12 heteroatoms. The quantitative estimate of drug-likeness (QED) is 0.556. The van der Waals surface area contributed by atoms with Crippen LogP contribution in [0, 0.1) is 0 Å². The van der Waals surface area contributed by atoms with Crippen LogP contribution in [-0.2, 0) is 0 Å². The number of anilines is 1. The Morgan fingerprint density at radius 1 is 0.857 bits per heavy atom. The van der Waals surface area contributed by atoms with Crippen molar-refractivity contribution in [2.75, 3.05) is 18.0 Å². The van der Waals surface area contributed by atoms with E-state index in [-0.39, 0.29) is 0 Å². The van der Waals surface area contributed by atoms with Crippen molar-refractivity contribution in [3.63, 3.8) is 0 Å². The number of nitrogens with zero attached hydrogens (tertiary/aromatic N) is 12. The minimum absolute atomic E-state index is 0.294. The van der Waals surface area contributed by atoms with Crippen LogP contribution in [0.4, 0.5) is 5.95 Å². The first-order valence-electron chi connectivity index (χ1n) is 6.29. The van der Waals surface area contributed by atoms with E-state index < -0.39 is 0 Å². The van der Waals surface area contributed by atoms with Crippen molar-refractivity contribution < 1.29 is 0 Å². The summed E-state index contributed by atoms with van der Waals surface area (Å²) < 4.78 is 2.70. The summed E-state index contributed by atoms with van der Waals surface area (Å²) in [5.74, 6) is 1.09. The van der Waals surface area contributed by atoms with Gasteiger partial charge < -0.3 is 4.90 Å². The molecule has 0 aliphatic heterocycles. The van der Waals surface area contributed by atoms with E-state index in [1.54, 1.807) is 0 Å². The highest BCUT2D eigenvalue weighted by molar-refractivity contribution is 5.34. The Balaban J connectivity index is 2.12. The summed E-state index contributed by atoms with van der Waals surface area (Å²) in [4.78, 5) is 15.0. The van der Waals surface area contributed by atoms with E-state index in [1.165, 1.54) is 22.0 Å². The second-order valence-electron chi connectivity index (χ2n) is 3.92. The Labute approximate surface area is 118 Å². The fraction of sp³-hybridized carbons (Fsp3) is 0.444. The molecule has 0 saturated heterocycles. The molecule has 0 aliphatic rings. The van der Waals surface area contributed by atoms with E-state index in [2.05, 4.69) is 46.0 Å². The van der Waals surface area contributed by atoms with Crippen molar-refractivity contribution >= 4 is 5.95 Å². The van der Waals surface area contributed by atoms with E-state index in [0.29, 0.717) is 17.8 Å². The lowest BCUT2D eigenvalue weighted by Gasteiger charge is -2.18. The molecular weight excluding hydrogens is 276 g/mol. The van der Waals surface area contributed by atoms with Crippen molar-refractivity contribution in [3.05, 3.63) is 12.7 Å². The number of aromatic nitrogens is 11. The van der Waals surface area contributed by atoms with Crippen molar-refractivity contribution in [1.82, 2.24) is 55.4 Å². The first kappa shape index (κ1) is 13.0. The summed E-state index contributed by atoms with van der Waals surface area (Å²) in [6, 6.07) is 0. The second-order valence-corrected chi connectivity index (χ2v) is 3.92. The molecule has 0 spiro atoms. The van der Waals surface area contributed by atoms with Gasteiger partial charge in [-0.25, -0.2) is 0 Å². The van der Waals surface area contributed by atoms with Gasteiger partial charge in [-0.2, -0.15) is 24.3 Å². The normalized spacial score (nSPS) is 10.8. The third kappa shape index (κ3) is 2.50. The van der Waals surface area contributed by atoms with Crippen molar-refractivity contribution in [1.29, 1.82) is 0 Å². The van der Waals surface area contributed by atoms with Crippen LogP contribution in [0.3, 0.4) is 0 Å². The summed E-state index contributed by atoms with van der Waals surface area (Å²) in [5.41, 5.74) is 0. The highest BCUT2D eigenvalue weighted by Crippen LogP contribution is 2.11. The van der Waals surface area contributed by atoms with Crippen molar-refractivity contribution in [3.8, 4) is 11.9 Å². The molecule has 12 nitrogen and oxygen atoms in total. The first-order valence-corrected chi connectivity index (χ1v) is 6.29. The van der Waals surface area contributed by atoms with Gasteiger partial charge in [-0.1, -0.05) is 0 Å². The Kier molecular flexibility index (Phi) is 3.41. The highest BCUT2D eigenvalue weighted by Gasteiger charge is 2.14. The third-order valence-electron chi connectivity index (χ3n) is 2.75. The lowest BCUT2D eigenvalue weighted by Crippen LogP contribution is -2.26. The topological polar surface area (TPSA) is 129 Å². The van der Waals surface area contributed by atoms with E-state index in [0.717, 1.165) is 13.1 Å². The standard InChI is InChI=1S/C9H12N12/c1-3-19(4-2)7-12-8(20-5-10-15-17-20)14-9(13-7)21-6-11-16-18-21/h5-6H,3-4H2,1-2H3. The molecule has 0 atom stereocenters. The molecule has 0 amide bonds. The highest BCUT2D eigenvalue weighted by atomic mass is 15.6. The monoisotopic (exact) mass is 288 g/mol. The molecule has 0 aliphatic carbocycles. The second kappa shape index (κ2) is 5.52. The van der Waals surface area contributed by atoms with Crippen LogP contribution in [0.2, 0.25) is 0 Å². The minimum Gasteiger partial charge on any atom is -0.341 e. The number of rotatable bonds is 5. The number of hydrogen-bond acceptors (Lipinski definition) is 10. The molecule has 0 bridgehead atoms. The van der Waals surface area contributed by atoms with Gasteiger partial charge in [-0.05, 0) is 34.7 Å². The van der Waals surface area contributed by atoms with Gasteiger partial charge in [-0.3, -0.25) is 0 Å². The lowest BCUT2D eigenvalue weighted by molar-refractivity contribution is 0.690. The molecule has 3 aromatic heterocycles. The zero-order chi connectivity index (χ0) is 14.7. The minimum atomic E-state index is 0.294. The average molecular weight is 288 g/mol. The first-order chi connectivity index (χ1) is 10.3. The molecule has 21 heavy (non-hydrogen) atoms. The number of hydrogen-bond donors (Lipinski definition) is 0. The van der Waals surface area contributed by atoms with E-state index >= 15 is 0 Å². The fourth-order valence-corrected chi connectivity index (χ4v) is 1.70. The van der Waals surface area contributed by atoms with Crippen LogP contribution >= 0.6 is 0 Å². The van der Waals surface area contributed by atoms with Gasteiger partial charge in [0.05, 0.1) is 0 Å². The summed E-state index contributed by atoms with van der Waals surface area (Å²) in [7, 11) is 0. The van der Waals surface area contributed by atoms with E-state index in [9.17, 15) is 0 Å². The lowest BCUT2D eigenvalue weighted by atomic mass is 10.5. The van der Waals surface area contributed by atoms with Crippen molar-refractivity contribution in [2.24, 2.45) is 0 Å². The van der Waals surface area contributed by atoms with Crippen LogP contribution in [0.15, 0.2) is 12.7 Å². The Morgan fingerprint density at radius 2 is 1.38 bits per heavy atom.